The van der Waals surface area contributed by atoms with E-state index in [1.54, 1.807) is 23.4 Å². The van der Waals surface area contributed by atoms with Gasteiger partial charge in [-0.25, -0.2) is 9.97 Å². The van der Waals surface area contributed by atoms with Gasteiger partial charge in [-0.3, -0.25) is 4.98 Å². The van der Waals surface area contributed by atoms with Crippen molar-refractivity contribution in [2.24, 2.45) is 5.16 Å². The Morgan fingerprint density at radius 2 is 2.13 bits per heavy atom. The van der Waals surface area contributed by atoms with Crippen molar-refractivity contribution in [2.45, 2.75) is 40.3 Å². The highest BCUT2D eigenvalue weighted by atomic mass is 16.6. The number of fused-ring (bicyclic) bond motifs is 1. The van der Waals surface area contributed by atoms with Crippen LogP contribution in [0, 0.1) is 0 Å². The molecular weight excluding hydrogens is 294 g/mol. The zero-order chi connectivity index (χ0) is 16.4. The van der Waals surface area contributed by atoms with Gasteiger partial charge >= 0.3 is 0 Å². The van der Waals surface area contributed by atoms with E-state index in [-0.39, 0.29) is 6.10 Å². The highest BCUT2D eigenvalue weighted by Gasteiger charge is 2.17. The van der Waals surface area contributed by atoms with Crippen molar-refractivity contribution in [3.05, 3.63) is 30.6 Å². The van der Waals surface area contributed by atoms with E-state index in [1.807, 2.05) is 20.8 Å². The van der Waals surface area contributed by atoms with E-state index in [0.29, 0.717) is 5.95 Å². The van der Waals surface area contributed by atoms with Crippen molar-refractivity contribution in [3.63, 3.8) is 0 Å². The van der Waals surface area contributed by atoms with E-state index < -0.39 is 0 Å². The van der Waals surface area contributed by atoms with Gasteiger partial charge in [0.1, 0.15) is 24.3 Å². The molecule has 3 aromatic rings. The van der Waals surface area contributed by atoms with Crippen molar-refractivity contribution in [1.29, 1.82) is 0 Å². The summed E-state index contributed by atoms with van der Waals surface area (Å²) in [6.07, 6.45) is 6.66. The summed E-state index contributed by atoms with van der Waals surface area (Å²) < 4.78 is 3.71. The first-order valence-electron chi connectivity index (χ1n) is 7.51. The maximum absolute atomic E-state index is 5.36. The molecular formula is C15H19N7O. The van der Waals surface area contributed by atoms with Gasteiger partial charge in [0.05, 0.1) is 17.4 Å². The molecule has 0 saturated heterocycles. The van der Waals surface area contributed by atoms with Gasteiger partial charge < -0.3 is 9.40 Å². The van der Waals surface area contributed by atoms with E-state index in [1.165, 1.54) is 6.33 Å². The van der Waals surface area contributed by atoms with Crippen molar-refractivity contribution in [1.82, 2.24) is 29.3 Å². The average molecular weight is 313 g/mol. The molecule has 0 saturated carbocycles. The standard InChI is InChI=1S/C15H19N7O/c1-5-21-14-12(11(4)20-23-10(2)3)6-16-7-13(14)19-15(21)22-9-17-8-18-22/h6-10H,5H2,1-4H3. The molecule has 0 radical (unpaired) electrons. The lowest BCUT2D eigenvalue weighted by Crippen LogP contribution is -2.09. The molecule has 8 heteroatoms. The van der Waals surface area contributed by atoms with Gasteiger partial charge in [-0.15, -0.1) is 0 Å². The van der Waals surface area contributed by atoms with Crippen LogP contribution in [-0.2, 0) is 11.4 Å². The quantitative estimate of drug-likeness (QED) is 0.532. The predicted octanol–water partition coefficient (Wildman–Crippen LogP) is 2.18. The fourth-order valence-electron chi connectivity index (χ4n) is 2.36. The number of rotatable bonds is 5. The summed E-state index contributed by atoms with van der Waals surface area (Å²) >= 11 is 0. The average Bonchev–Trinajstić information content (AvgIpc) is 3.18. The number of pyridine rings is 1. The molecule has 0 fully saturated rings. The Hall–Kier alpha value is -2.77. The zero-order valence-corrected chi connectivity index (χ0v) is 13.6. The molecule has 0 aliphatic carbocycles. The van der Waals surface area contributed by atoms with E-state index in [2.05, 4.69) is 36.7 Å². The number of hydrogen-bond donors (Lipinski definition) is 0. The highest BCUT2D eigenvalue weighted by molar-refractivity contribution is 6.07. The minimum atomic E-state index is 0.0268. The summed E-state index contributed by atoms with van der Waals surface area (Å²) in [6, 6.07) is 0. The van der Waals surface area contributed by atoms with Crippen molar-refractivity contribution >= 4 is 16.7 Å². The number of oxime groups is 1. The van der Waals surface area contributed by atoms with E-state index in [4.69, 9.17) is 4.84 Å². The second-order valence-corrected chi connectivity index (χ2v) is 5.38. The normalized spacial score (nSPS) is 12.3. The maximum Gasteiger partial charge on any atom is 0.233 e. The topological polar surface area (TPSA) is 83.0 Å². The summed E-state index contributed by atoms with van der Waals surface area (Å²) in [4.78, 5) is 18.3. The lowest BCUT2D eigenvalue weighted by molar-refractivity contribution is 0.0860. The van der Waals surface area contributed by atoms with Gasteiger partial charge in [0.25, 0.3) is 0 Å². The largest absolute Gasteiger partial charge is 0.393 e. The Labute approximate surface area is 133 Å². The summed E-state index contributed by atoms with van der Waals surface area (Å²) in [5, 5.41) is 8.36. The number of aromatic nitrogens is 6. The number of aryl methyl sites for hydroxylation is 1. The van der Waals surface area contributed by atoms with Gasteiger partial charge in [0.15, 0.2) is 0 Å². The minimum Gasteiger partial charge on any atom is -0.393 e. The molecule has 0 atom stereocenters. The molecule has 0 spiro atoms. The molecule has 0 aliphatic heterocycles. The number of nitrogens with zero attached hydrogens (tertiary/aromatic N) is 7. The minimum absolute atomic E-state index is 0.0268. The molecule has 23 heavy (non-hydrogen) atoms. The summed E-state index contributed by atoms with van der Waals surface area (Å²) in [6.45, 7) is 8.58. The first-order valence-corrected chi connectivity index (χ1v) is 7.51. The van der Waals surface area contributed by atoms with Crippen LogP contribution >= 0.6 is 0 Å². The molecule has 0 aliphatic rings. The molecule has 0 N–H and O–H groups in total. The number of imidazole rings is 1. The van der Waals surface area contributed by atoms with Gasteiger partial charge in [-0.2, -0.15) is 9.78 Å². The van der Waals surface area contributed by atoms with Crippen molar-refractivity contribution in [2.75, 3.05) is 0 Å². The van der Waals surface area contributed by atoms with Gasteiger partial charge in [0, 0.05) is 18.3 Å². The van der Waals surface area contributed by atoms with Crippen LogP contribution in [0.4, 0.5) is 0 Å². The second kappa shape index (κ2) is 6.15. The predicted molar refractivity (Wildman–Crippen MR) is 86.6 cm³/mol. The molecule has 3 aromatic heterocycles. The SMILES string of the molecule is CCn1c(-n2cncn2)nc2cncc(C(C)=NOC(C)C)c21. The van der Waals surface area contributed by atoms with Crippen molar-refractivity contribution < 1.29 is 4.84 Å². The van der Waals surface area contributed by atoms with Crippen molar-refractivity contribution in [3.8, 4) is 5.95 Å². The fraction of sp³-hybridized carbons (Fsp3) is 0.400. The lowest BCUT2D eigenvalue weighted by atomic mass is 10.1. The van der Waals surface area contributed by atoms with Crippen LogP contribution in [-0.4, -0.2) is 41.1 Å². The lowest BCUT2D eigenvalue weighted by Gasteiger charge is -2.09. The Morgan fingerprint density at radius 3 is 2.78 bits per heavy atom. The Balaban J connectivity index is 2.19. The van der Waals surface area contributed by atoms with Crippen LogP contribution in [0.5, 0.6) is 0 Å². The Morgan fingerprint density at radius 1 is 1.30 bits per heavy atom. The molecule has 0 amide bonds. The molecule has 0 unspecified atom stereocenters. The third-order valence-corrected chi connectivity index (χ3v) is 3.36. The van der Waals surface area contributed by atoms with E-state index in [0.717, 1.165) is 28.9 Å². The number of hydrogen-bond acceptors (Lipinski definition) is 6. The van der Waals surface area contributed by atoms with E-state index >= 15 is 0 Å². The smallest absolute Gasteiger partial charge is 0.233 e. The molecule has 0 bridgehead atoms. The molecule has 3 rings (SSSR count). The Kier molecular flexibility index (Phi) is 4.05. The zero-order valence-electron chi connectivity index (χ0n) is 13.6. The molecule has 120 valence electrons. The second-order valence-electron chi connectivity index (χ2n) is 5.38. The molecule has 3 heterocycles. The molecule has 0 aromatic carbocycles. The van der Waals surface area contributed by atoms with Crippen LogP contribution in [0.25, 0.3) is 17.0 Å². The maximum atomic E-state index is 5.36. The summed E-state index contributed by atoms with van der Waals surface area (Å²) in [7, 11) is 0. The van der Waals surface area contributed by atoms with Crippen LogP contribution in [0.15, 0.2) is 30.2 Å². The Bertz CT molecular complexity index is 833. The van der Waals surface area contributed by atoms with Crippen LogP contribution in [0.2, 0.25) is 0 Å². The first kappa shape index (κ1) is 15.1. The van der Waals surface area contributed by atoms with Crippen LogP contribution in [0.3, 0.4) is 0 Å². The van der Waals surface area contributed by atoms with Gasteiger partial charge in [-0.05, 0) is 27.7 Å². The summed E-state index contributed by atoms with van der Waals surface area (Å²) in [5.41, 5.74) is 3.40. The van der Waals surface area contributed by atoms with Crippen LogP contribution < -0.4 is 0 Å². The fourth-order valence-corrected chi connectivity index (χ4v) is 2.36. The third kappa shape index (κ3) is 2.79. The molecule has 8 nitrogen and oxygen atoms in total. The first-order chi connectivity index (χ1) is 11.1. The van der Waals surface area contributed by atoms with Gasteiger partial charge in [0.2, 0.25) is 5.95 Å². The van der Waals surface area contributed by atoms with Crippen LogP contribution in [0.1, 0.15) is 33.3 Å². The highest BCUT2D eigenvalue weighted by Crippen LogP contribution is 2.22. The third-order valence-electron chi connectivity index (χ3n) is 3.36. The monoisotopic (exact) mass is 313 g/mol. The van der Waals surface area contributed by atoms with E-state index in [9.17, 15) is 0 Å². The van der Waals surface area contributed by atoms with Gasteiger partial charge in [-0.1, -0.05) is 5.16 Å². The summed E-state index contributed by atoms with van der Waals surface area (Å²) in [5.74, 6) is 0.701.